The zero-order chi connectivity index (χ0) is 36.8. The van der Waals surface area contributed by atoms with Gasteiger partial charge in [0.05, 0.1) is 13.2 Å². The number of allylic oxidation sites excluding steroid dienone is 12. The van der Waals surface area contributed by atoms with E-state index in [1.165, 1.54) is 19.3 Å². The molecule has 0 aliphatic heterocycles. The number of hydrogen-bond acceptors (Lipinski definition) is 8. The Kier molecular flexibility index (Phi) is 34.4. The fourth-order valence-electron chi connectivity index (χ4n) is 4.54. The quantitative estimate of drug-likeness (QED) is 0.0288. The van der Waals surface area contributed by atoms with E-state index in [1.807, 2.05) is 6.08 Å². The van der Waals surface area contributed by atoms with Gasteiger partial charge in [-0.15, -0.1) is 0 Å². The average molecular weight is 722 g/mol. The first-order valence-electron chi connectivity index (χ1n) is 18.9. The van der Waals surface area contributed by atoms with E-state index in [0.29, 0.717) is 19.3 Å². The number of carbonyl (C=O) groups is 2. The van der Waals surface area contributed by atoms with Crippen molar-refractivity contribution in [3.63, 3.8) is 0 Å². The van der Waals surface area contributed by atoms with Gasteiger partial charge in [-0.25, -0.2) is 4.57 Å². The van der Waals surface area contributed by atoms with E-state index in [1.54, 1.807) is 0 Å². The summed E-state index contributed by atoms with van der Waals surface area (Å²) >= 11 is 0. The van der Waals surface area contributed by atoms with Crippen LogP contribution < -0.4 is 5.73 Å². The molecular weight excluding hydrogens is 653 g/mol. The van der Waals surface area contributed by atoms with E-state index in [9.17, 15) is 19.0 Å². The van der Waals surface area contributed by atoms with Crippen LogP contribution >= 0.6 is 7.82 Å². The number of nitrogens with two attached hydrogens (primary N) is 1. The maximum Gasteiger partial charge on any atom is 0.472 e. The molecule has 0 rings (SSSR count). The monoisotopic (exact) mass is 721 g/mol. The molecule has 2 atom stereocenters. The highest BCUT2D eigenvalue weighted by Gasteiger charge is 2.25. The van der Waals surface area contributed by atoms with Crippen LogP contribution in [0.1, 0.15) is 136 Å². The molecule has 0 aliphatic rings. The number of unbranched alkanes of at least 4 members (excludes halogenated alkanes) is 9. The Bertz CT molecular complexity index is 1050. The fourth-order valence-corrected chi connectivity index (χ4v) is 5.31. The molecule has 0 aromatic carbocycles. The van der Waals surface area contributed by atoms with Gasteiger partial charge in [0.2, 0.25) is 0 Å². The van der Waals surface area contributed by atoms with Crippen molar-refractivity contribution >= 4 is 19.8 Å². The molecule has 50 heavy (non-hydrogen) atoms. The Labute approximate surface area is 303 Å². The first kappa shape index (κ1) is 47.4. The molecule has 0 aliphatic carbocycles. The zero-order valence-electron chi connectivity index (χ0n) is 31.1. The van der Waals surface area contributed by atoms with Crippen LogP contribution in [0.2, 0.25) is 0 Å². The van der Waals surface area contributed by atoms with Gasteiger partial charge in [0, 0.05) is 19.4 Å². The predicted octanol–water partition coefficient (Wildman–Crippen LogP) is 10.3. The van der Waals surface area contributed by atoms with Gasteiger partial charge in [0.15, 0.2) is 6.10 Å². The molecule has 1 unspecified atom stereocenters. The van der Waals surface area contributed by atoms with E-state index >= 15 is 0 Å². The number of phosphoric ester groups is 1. The Morgan fingerprint density at radius 3 is 1.72 bits per heavy atom. The van der Waals surface area contributed by atoms with Crippen LogP contribution in [-0.2, 0) is 32.7 Å². The molecule has 0 aromatic heterocycles. The van der Waals surface area contributed by atoms with Gasteiger partial charge in [-0.05, 0) is 77.0 Å². The van der Waals surface area contributed by atoms with E-state index in [4.69, 9.17) is 24.3 Å². The number of rotatable bonds is 34. The number of esters is 2. The van der Waals surface area contributed by atoms with Crippen LogP contribution in [-0.4, -0.2) is 49.3 Å². The number of ether oxygens (including phenoxy) is 2. The number of phosphoric acid groups is 1. The van der Waals surface area contributed by atoms with E-state index in [2.05, 4.69) is 80.7 Å². The van der Waals surface area contributed by atoms with Gasteiger partial charge in [-0.1, -0.05) is 119 Å². The molecule has 0 saturated heterocycles. The molecule has 0 radical (unpaired) electrons. The lowest BCUT2D eigenvalue weighted by Crippen LogP contribution is -2.29. The summed E-state index contributed by atoms with van der Waals surface area (Å²) in [5.74, 6) is -0.917. The third-order valence-electron chi connectivity index (χ3n) is 7.33. The van der Waals surface area contributed by atoms with Crippen molar-refractivity contribution in [3.05, 3.63) is 72.9 Å². The molecule has 3 N–H and O–H groups in total. The van der Waals surface area contributed by atoms with Crippen LogP contribution in [0.4, 0.5) is 0 Å². The molecule has 9 nitrogen and oxygen atoms in total. The van der Waals surface area contributed by atoms with Crippen molar-refractivity contribution in [1.82, 2.24) is 0 Å². The molecule has 0 aromatic rings. The Morgan fingerprint density at radius 1 is 0.620 bits per heavy atom. The SMILES string of the molecule is CC/C=C\C/C=C\C/C=C\C/C=C\C/C=C\CCCC(=O)O[C@H](COC(=O)CCCCCCC/C=C\CCCCC)COP(=O)(O)OCCN. The first-order valence-corrected chi connectivity index (χ1v) is 20.4. The molecule has 10 heteroatoms. The maximum atomic E-state index is 12.5. The normalized spacial score (nSPS) is 14.2. The third-order valence-corrected chi connectivity index (χ3v) is 8.31. The van der Waals surface area contributed by atoms with Crippen molar-refractivity contribution < 1.29 is 37.6 Å². The minimum Gasteiger partial charge on any atom is -0.462 e. The van der Waals surface area contributed by atoms with Crippen LogP contribution in [0.25, 0.3) is 0 Å². The molecule has 0 spiro atoms. The lowest BCUT2D eigenvalue weighted by atomic mass is 10.1. The summed E-state index contributed by atoms with van der Waals surface area (Å²) in [6.07, 6.45) is 42.3. The van der Waals surface area contributed by atoms with E-state index in [-0.39, 0.29) is 32.6 Å². The summed E-state index contributed by atoms with van der Waals surface area (Å²) in [6, 6.07) is 0. The minimum absolute atomic E-state index is 0.0397. The first-order chi connectivity index (χ1) is 24.3. The third kappa shape index (κ3) is 35.3. The van der Waals surface area contributed by atoms with Crippen molar-refractivity contribution in [2.75, 3.05) is 26.4 Å². The highest BCUT2D eigenvalue weighted by Crippen LogP contribution is 2.43. The summed E-state index contributed by atoms with van der Waals surface area (Å²) in [6.45, 7) is 3.48. The summed E-state index contributed by atoms with van der Waals surface area (Å²) in [4.78, 5) is 34.7. The highest BCUT2D eigenvalue weighted by molar-refractivity contribution is 7.47. The summed E-state index contributed by atoms with van der Waals surface area (Å²) in [7, 11) is -4.39. The Morgan fingerprint density at radius 2 is 1.12 bits per heavy atom. The lowest BCUT2D eigenvalue weighted by molar-refractivity contribution is -0.161. The van der Waals surface area contributed by atoms with Gasteiger partial charge < -0.3 is 20.1 Å². The summed E-state index contributed by atoms with van der Waals surface area (Å²) in [5, 5.41) is 0. The largest absolute Gasteiger partial charge is 0.472 e. The molecule has 0 amide bonds. The second kappa shape index (κ2) is 36.2. The van der Waals surface area contributed by atoms with Crippen molar-refractivity contribution in [2.24, 2.45) is 5.73 Å². The van der Waals surface area contributed by atoms with Gasteiger partial charge >= 0.3 is 19.8 Å². The van der Waals surface area contributed by atoms with Gasteiger partial charge in [-0.3, -0.25) is 18.6 Å². The van der Waals surface area contributed by atoms with Crippen molar-refractivity contribution in [1.29, 1.82) is 0 Å². The van der Waals surface area contributed by atoms with Crippen LogP contribution in [0, 0.1) is 0 Å². The number of carbonyl (C=O) groups excluding carboxylic acids is 2. The van der Waals surface area contributed by atoms with Crippen LogP contribution in [0.3, 0.4) is 0 Å². The molecule has 286 valence electrons. The zero-order valence-corrected chi connectivity index (χ0v) is 32.0. The van der Waals surface area contributed by atoms with Gasteiger partial charge in [-0.2, -0.15) is 0 Å². The molecule has 0 heterocycles. The Hall–Kier alpha value is -2.55. The standard InChI is InChI=1S/C40H68NO8P/c1-3-5-7-9-11-13-15-17-18-19-20-21-23-25-27-29-31-33-40(43)49-38(37-48-50(44,45)47-35-34-41)36-46-39(42)32-30-28-26-24-22-16-14-12-10-8-6-4-2/h5,7,11-14,17-18,20-21,25,27,38H,3-4,6,8-10,15-16,19,22-24,26,28-37,41H2,1-2H3,(H,44,45)/b7-5-,13-11-,14-12-,18-17-,21-20-,27-25-/t38-/m1/s1. The van der Waals surface area contributed by atoms with Gasteiger partial charge in [0.1, 0.15) is 6.61 Å². The minimum atomic E-state index is -4.39. The molecule has 0 bridgehead atoms. The van der Waals surface area contributed by atoms with E-state index in [0.717, 1.165) is 70.6 Å². The second-order valence-electron chi connectivity index (χ2n) is 12.1. The summed E-state index contributed by atoms with van der Waals surface area (Å²) < 4.78 is 32.6. The smallest absolute Gasteiger partial charge is 0.462 e. The average Bonchev–Trinajstić information content (AvgIpc) is 3.10. The van der Waals surface area contributed by atoms with E-state index < -0.39 is 32.5 Å². The second-order valence-corrected chi connectivity index (χ2v) is 13.5. The van der Waals surface area contributed by atoms with Crippen LogP contribution in [0.5, 0.6) is 0 Å². The molecule has 0 fully saturated rings. The topological polar surface area (TPSA) is 134 Å². The fraction of sp³-hybridized carbons (Fsp3) is 0.650. The van der Waals surface area contributed by atoms with Gasteiger partial charge in [0.25, 0.3) is 0 Å². The number of hydrogen-bond donors (Lipinski definition) is 2. The molecule has 0 saturated carbocycles. The predicted molar refractivity (Wildman–Crippen MR) is 206 cm³/mol. The van der Waals surface area contributed by atoms with Crippen molar-refractivity contribution in [3.8, 4) is 0 Å². The lowest BCUT2D eigenvalue weighted by Gasteiger charge is -2.19. The maximum absolute atomic E-state index is 12.5. The molecular formula is C40H68NO8P. The Balaban J connectivity index is 4.37. The van der Waals surface area contributed by atoms with Crippen LogP contribution in [0.15, 0.2) is 72.9 Å². The highest BCUT2D eigenvalue weighted by atomic mass is 31.2. The van der Waals surface area contributed by atoms with Crippen molar-refractivity contribution in [2.45, 2.75) is 142 Å². The summed E-state index contributed by atoms with van der Waals surface area (Å²) in [5.41, 5.74) is 5.32.